The van der Waals surface area contributed by atoms with E-state index in [-0.39, 0.29) is 55.8 Å². The molecule has 3 rings (SSSR count). The average Bonchev–Trinajstić information content (AvgIpc) is 3.26. The Labute approximate surface area is 192 Å². The monoisotopic (exact) mass is 511 g/mol. The molecule has 33 heavy (non-hydrogen) atoms. The first-order chi connectivity index (χ1) is 15.5. The molecule has 10 nitrogen and oxygen atoms in total. The average molecular weight is 512 g/mol. The number of anilines is 1. The second-order valence-electron chi connectivity index (χ2n) is 7.40. The minimum absolute atomic E-state index is 0.0513. The van der Waals surface area contributed by atoms with Crippen LogP contribution in [0.4, 0.5) is 18.3 Å². The maximum atomic E-state index is 12.8. The topological polar surface area (TPSA) is 118 Å². The summed E-state index contributed by atoms with van der Waals surface area (Å²) in [6, 6.07) is 0. The summed E-state index contributed by atoms with van der Waals surface area (Å²) < 4.78 is 75.7. The van der Waals surface area contributed by atoms with Gasteiger partial charge in [-0.1, -0.05) is 11.3 Å². The predicted octanol–water partition coefficient (Wildman–Crippen LogP) is 1.49. The highest BCUT2D eigenvalue weighted by Crippen LogP contribution is 2.36. The second-order valence-corrected chi connectivity index (χ2v) is 10.5. The summed E-state index contributed by atoms with van der Waals surface area (Å²) in [6.45, 7) is 4.18. The number of nitrogens with one attached hydrogen (secondary N) is 1. The summed E-state index contributed by atoms with van der Waals surface area (Å²) in [7, 11) is -3.59. The Morgan fingerprint density at radius 1 is 1.24 bits per heavy atom. The van der Waals surface area contributed by atoms with Gasteiger partial charge in [0.1, 0.15) is 16.7 Å². The van der Waals surface area contributed by atoms with Crippen LogP contribution in [0.15, 0.2) is 17.2 Å². The first-order valence-corrected chi connectivity index (χ1v) is 12.4. The molecule has 1 atom stereocenters. The van der Waals surface area contributed by atoms with E-state index in [4.69, 9.17) is 9.47 Å². The van der Waals surface area contributed by atoms with Gasteiger partial charge in [0.25, 0.3) is 5.56 Å². The molecule has 0 aromatic carbocycles. The molecule has 0 amide bonds. The maximum Gasteiger partial charge on any atom is 0.427 e. The molecular weight excluding hydrogens is 487 g/mol. The fourth-order valence-corrected chi connectivity index (χ4v) is 5.20. The number of halogens is 3. The van der Waals surface area contributed by atoms with Crippen LogP contribution < -0.4 is 15.2 Å². The first kappa shape index (κ1) is 25.4. The third-order valence-electron chi connectivity index (χ3n) is 4.90. The SMILES string of the molecule is Cc1c(O[C@@H](C)COCCS(=O)(=O)N2CCN(c3ncc(C(F)(F)F)s3)CC2)cn[nH]c1=O. The summed E-state index contributed by atoms with van der Waals surface area (Å²) in [6.07, 6.45) is -2.71. The number of hydrogen-bond donors (Lipinski definition) is 1. The summed E-state index contributed by atoms with van der Waals surface area (Å²) in [4.78, 5) is 16.2. The second kappa shape index (κ2) is 10.4. The van der Waals surface area contributed by atoms with E-state index >= 15 is 0 Å². The Bertz CT molecular complexity index is 1100. The largest absolute Gasteiger partial charge is 0.486 e. The number of aromatic amines is 1. The molecule has 2 aromatic rings. The number of ether oxygens (including phenoxy) is 2. The number of hydrogen-bond acceptors (Lipinski definition) is 9. The normalized spacial score (nSPS) is 16.7. The Kier molecular flexibility index (Phi) is 7.97. The van der Waals surface area contributed by atoms with Gasteiger partial charge in [0.15, 0.2) is 5.13 Å². The van der Waals surface area contributed by atoms with Crippen molar-refractivity contribution in [3.8, 4) is 5.75 Å². The van der Waals surface area contributed by atoms with Crippen LogP contribution in [-0.4, -0.2) is 79.2 Å². The van der Waals surface area contributed by atoms with Crippen LogP contribution >= 0.6 is 11.3 Å². The molecule has 1 aliphatic rings. The number of sulfonamides is 1. The number of nitrogens with zero attached hydrogens (tertiary/aromatic N) is 4. The van der Waals surface area contributed by atoms with Gasteiger partial charge in [0, 0.05) is 26.2 Å². The summed E-state index contributed by atoms with van der Waals surface area (Å²) in [5, 5.41) is 6.19. The van der Waals surface area contributed by atoms with Crippen LogP contribution in [-0.2, 0) is 20.9 Å². The number of alkyl halides is 3. The van der Waals surface area contributed by atoms with Crippen molar-refractivity contribution in [2.45, 2.75) is 26.1 Å². The third-order valence-corrected chi connectivity index (χ3v) is 7.84. The molecule has 2 aromatic heterocycles. The molecule has 184 valence electrons. The third kappa shape index (κ3) is 6.65. The van der Waals surface area contributed by atoms with E-state index in [0.717, 1.165) is 6.20 Å². The number of H-pyrrole nitrogens is 1. The van der Waals surface area contributed by atoms with Crippen molar-refractivity contribution in [3.05, 3.63) is 33.2 Å². The molecule has 15 heteroatoms. The highest BCUT2D eigenvalue weighted by Gasteiger charge is 2.35. The van der Waals surface area contributed by atoms with Crippen molar-refractivity contribution in [2.75, 3.05) is 50.0 Å². The van der Waals surface area contributed by atoms with Gasteiger partial charge in [-0.3, -0.25) is 4.79 Å². The quantitative estimate of drug-likeness (QED) is 0.504. The zero-order valence-corrected chi connectivity index (χ0v) is 19.6. The van der Waals surface area contributed by atoms with Crippen molar-refractivity contribution in [1.82, 2.24) is 19.5 Å². The van der Waals surface area contributed by atoms with Crippen LogP contribution in [0.25, 0.3) is 0 Å². The minimum atomic E-state index is -4.45. The Hall–Kier alpha value is -2.23. The highest BCUT2D eigenvalue weighted by atomic mass is 32.2. The van der Waals surface area contributed by atoms with Crippen molar-refractivity contribution in [2.24, 2.45) is 0 Å². The molecule has 0 unspecified atom stereocenters. The molecule has 1 aliphatic heterocycles. The highest BCUT2D eigenvalue weighted by molar-refractivity contribution is 7.89. The fraction of sp³-hybridized carbons (Fsp3) is 0.611. The standard InChI is InChI=1S/C18H24F3N5O5S2/c1-12(31-14-9-23-24-16(27)13(14)2)11-30-7-8-33(28,29)26-5-3-25(4-6-26)17-22-10-15(32-17)18(19,20)21/h9-10,12H,3-8,11H2,1-2H3,(H,24,27)/t12-/m0/s1. The minimum Gasteiger partial charge on any atom is -0.486 e. The number of rotatable bonds is 9. The molecule has 1 saturated heterocycles. The Balaban J connectivity index is 1.42. The van der Waals surface area contributed by atoms with Crippen molar-refractivity contribution >= 4 is 26.5 Å². The molecule has 0 bridgehead atoms. The van der Waals surface area contributed by atoms with Gasteiger partial charge in [-0.05, 0) is 13.8 Å². The van der Waals surface area contributed by atoms with E-state index in [1.807, 2.05) is 0 Å². The van der Waals surface area contributed by atoms with Gasteiger partial charge >= 0.3 is 6.18 Å². The molecule has 0 radical (unpaired) electrons. The van der Waals surface area contributed by atoms with E-state index < -0.39 is 27.2 Å². The molecule has 3 heterocycles. The van der Waals surface area contributed by atoms with Crippen molar-refractivity contribution < 1.29 is 31.1 Å². The van der Waals surface area contributed by atoms with E-state index in [9.17, 15) is 26.4 Å². The van der Waals surface area contributed by atoms with E-state index in [2.05, 4.69) is 15.2 Å². The zero-order chi connectivity index (χ0) is 24.2. The van der Waals surface area contributed by atoms with Crippen LogP contribution in [0.2, 0.25) is 0 Å². The van der Waals surface area contributed by atoms with Crippen LogP contribution in [0.3, 0.4) is 0 Å². The van der Waals surface area contributed by atoms with Crippen LogP contribution in [0.1, 0.15) is 17.4 Å². The van der Waals surface area contributed by atoms with Crippen molar-refractivity contribution in [1.29, 1.82) is 0 Å². The summed E-state index contributed by atoms with van der Waals surface area (Å²) in [5.74, 6) is 0.0868. The van der Waals surface area contributed by atoms with Gasteiger partial charge < -0.3 is 14.4 Å². The predicted molar refractivity (Wildman–Crippen MR) is 115 cm³/mol. The van der Waals surface area contributed by atoms with Gasteiger partial charge in [0.2, 0.25) is 10.0 Å². The lowest BCUT2D eigenvalue weighted by Gasteiger charge is -2.33. The fourth-order valence-electron chi connectivity index (χ4n) is 3.05. The Morgan fingerprint density at radius 3 is 2.58 bits per heavy atom. The molecular formula is C18H24F3N5O5S2. The lowest BCUT2D eigenvalue weighted by Crippen LogP contribution is -2.49. The molecule has 1 fully saturated rings. The maximum absolute atomic E-state index is 12.8. The Morgan fingerprint density at radius 2 is 1.94 bits per heavy atom. The van der Waals surface area contributed by atoms with E-state index in [1.165, 1.54) is 10.5 Å². The van der Waals surface area contributed by atoms with Crippen molar-refractivity contribution in [3.63, 3.8) is 0 Å². The van der Waals surface area contributed by atoms with Gasteiger partial charge in [-0.25, -0.2) is 18.5 Å². The van der Waals surface area contributed by atoms with Gasteiger partial charge in [0.05, 0.1) is 36.9 Å². The lowest BCUT2D eigenvalue weighted by atomic mass is 10.3. The van der Waals surface area contributed by atoms with Crippen LogP contribution in [0, 0.1) is 6.92 Å². The first-order valence-electron chi connectivity index (χ1n) is 10.0. The van der Waals surface area contributed by atoms with E-state index in [1.54, 1.807) is 18.7 Å². The van der Waals surface area contributed by atoms with Crippen LogP contribution in [0.5, 0.6) is 5.75 Å². The number of thiazole rings is 1. The van der Waals surface area contributed by atoms with Gasteiger partial charge in [-0.15, -0.1) is 0 Å². The molecule has 0 saturated carbocycles. The lowest BCUT2D eigenvalue weighted by molar-refractivity contribution is -0.134. The number of aromatic nitrogens is 3. The summed E-state index contributed by atoms with van der Waals surface area (Å²) in [5.41, 5.74) is 0.0217. The van der Waals surface area contributed by atoms with Gasteiger partial charge in [-0.2, -0.15) is 22.6 Å². The molecule has 0 aliphatic carbocycles. The summed E-state index contributed by atoms with van der Waals surface area (Å²) >= 11 is 0.544. The number of piperazine rings is 1. The van der Waals surface area contributed by atoms with E-state index in [0.29, 0.717) is 22.6 Å². The smallest absolute Gasteiger partial charge is 0.427 e. The zero-order valence-electron chi connectivity index (χ0n) is 18.0. The molecule has 1 N–H and O–H groups in total. The molecule has 0 spiro atoms.